The maximum Gasteiger partial charge on any atom is 0.289 e. The minimum atomic E-state index is -0.324. The molecule has 0 bridgehead atoms. The summed E-state index contributed by atoms with van der Waals surface area (Å²) in [6.45, 7) is 5.41. The number of alkyl halides is 1. The average Bonchev–Trinajstić information content (AvgIpc) is 3.01. The first kappa shape index (κ1) is 21.9. The molecular formula is C24H28ClN7O. The van der Waals surface area contributed by atoms with Crippen LogP contribution in [0.2, 0.25) is 0 Å². The number of carbonyl (C=O) groups is 1. The number of halogens is 1. The highest BCUT2D eigenvalue weighted by molar-refractivity contribution is 6.38. The van der Waals surface area contributed by atoms with E-state index in [1.807, 2.05) is 43.3 Å². The predicted octanol–water partition coefficient (Wildman–Crippen LogP) is 2.41. The molecule has 2 unspecified atom stereocenters. The van der Waals surface area contributed by atoms with Gasteiger partial charge in [0.25, 0.3) is 5.91 Å². The van der Waals surface area contributed by atoms with Crippen molar-refractivity contribution in [1.82, 2.24) is 24.7 Å². The Kier molecular flexibility index (Phi) is 6.03. The summed E-state index contributed by atoms with van der Waals surface area (Å²) < 4.78 is 2.08. The van der Waals surface area contributed by atoms with Crippen LogP contribution in [-0.2, 0) is 11.8 Å². The number of allylic oxidation sites excluding steroid dienone is 1. The van der Waals surface area contributed by atoms with Crippen molar-refractivity contribution in [1.29, 1.82) is 0 Å². The van der Waals surface area contributed by atoms with Gasteiger partial charge >= 0.3 is 0 Å². The molecule has 9 heteroatoms. The molecule has 1 saturated heterocycles. The maximum atomic E-state index is 12.9. The van der Waals surface area contributed by atoms with Crippen molar-refractivity contribution in [3.05, 3.63) is 47.9 Å². The number of fused-ring (bicyclic) bond motifs is 1. The van der Waals surface area contributed by atoms with Gasteiger partial charge in [-0.05, 0) is 31.6 Å². The molecule has 172 valence electrons. The molecule has 5 rings (SSSR count). The standard InChI is InChI=1S/C24H28ClN7O/c1-16-7-8-26-22(28-14-16)24(33)32-11-9-31(10-12-32)21-13-17(18(25)15-27-21)23-29-19-5-3-4-6-20(19)30(23)2/h3-6,13-15,18,21H,7-12H2,1-2H3,(H,26,28). The molecule has 33 heavy (non-hydrogen) atoms. The van der Waals surface area contributed by atoms with Gasteiger partial charge in [0, 0.05) is 57.8 Å². The number of hydrogen-bond acceptors (Lipinski definition) is 6. The third-order valence-corrected chi connectivity index (χ3v) is 6.80. The van der Waals surface area contributed by atoms with Crippen LogP contribution in [0.3, 0.4) is 0 Å². The van der Waals surface area contributed by atoms with Gasteiger partial charge in [0.2, 0.25) is 0 Å². The summed E-state index contributed by atoms with van der Waals surface area (Å²) in [5, 5.41) is 2.75. The second kappa shape index (κ2) is 9.11. The number of piperazine rings is 1. The minimum absolute atomic E-state index is 0.0375. The summed E-state index contributed by atoms with van der Waals surface area (Å²) in [6.07, 6.45) is 6.55. The number of amidine groups is 1. The lowest BCUT2D eigenvalue weighted by Crippen LogP contribution is -2.54. The molecule has 2 atom stereocenters. The van der Waals surface area contributed by atoms with E-state index in [2.05, 4.69) is 36.9 Å². The number of rotatable bonds is 3. The summed E-state index contributed by atoms with van der Waals surface area (Å²) in [6, 6.07) is 8.08. The summed E-state index contributed by atoms with van der Waals surface area (Å²) >= 11 is 6.63. The number of amides is 1. The van der Waals surface area contributed by atoms with Crippen LogP contribution < -0.4 is 5.32 Å². The third-order valence-electron chi connectivity index (χ3n) is 6.45. The Hall–Kier alpha value is -2.97. The van der Waals surface area contributed by atoms with Crippen molar-refractivity contribution in [2.45, 2.75) is 24.9 Å². The monoisotopic (exact) mass is 465 g/mol. The Labute approximate surface area is 198 Å². The van der Waals surface area contributed by atoms with Gasteiger partial charge in [-0.25, -0.2) is 4.98 Å². The van der Waals surface area contributed by atoms with Gasteiger partial charge in [-0.2, -0.15) is 0 Å². The van der Waals surface area contributed by atoms with Gasteiger partial charge in [0.05, 0.1) is 16.4 Å². The van der Waals surface area contributed by atoms with Crippen LogP contribution in [0, 0.1) is 0 Å². The fourth-order valence-electron chi connectivity index (χ4n) is 4.46. The molecule has 1 aromatic carbocycles. The summed E-state index contributed by atoms with van der Waals surface area (Å²) in [7, 11) is 2.02. The first-order valence-electron chi connectivity index (χ1n) is 11.3. The molecule has 1 N–H and O–H groups in total. The van der Waals surface area contributed by atoms with E-state index >= 15 is 0 Å². The van der Waals surface area contributed by atoms with Gasteiger partial charge in [-0.1, -0.05) is 17.7 Å². The Balaban J connectivity index is 1.29. The van der Waals surface area contributed by atoms with Crippen LogP contribution in [0.4, 0.5) is 0 Å². The van der Waals surface area contributed by atoms with Crippen LogP contribution >= 0.6 is 11.6 Å². The zero-order valence-corrected chi connectivity index (χ0v) is 19.7. The number of dihydropyridines is 1. The highest BCUT2D eigenvalue weighted by Crippen LogP contribution is 2.29. The lowest BCUT2D eigenvalue weighted by atomic mass is 10.1. The third kappa shape index (κ3) is 4.32. The van der Waals surface area contributed by atoms with Gasteiger partial charge in [0.15, 0.2) is 5.84 Å². The number of carbonyl (C=O) groups excluding carboxylic acids is 1. The van der Waals surface area contributed by atoms with Crippen LogP contribution in [0.1, 0.15) is 19.2 Å². The number of nitrogens with one attached hydrogen (secondary N) is 1. The Morgan fingerprint density at radius 1 is 1.18 bits per heavy atom. The van der Waals surface area contributed by atoms with E-state index in [-0.39, 0.29) is 17.5 Å². The summed E-state index contributed by atoms with van der Waals surface area (Å²) in [5.41, 5.74) is 4.19. The van der Waals surface area contributed by atoms with Crippen LogP contribution in [-0.4, -0.2) is 81.6 Å². The van der Waals surface area contributed by atoms with E-state index in [4.69, 9.17) is 16.6 Å². The maximum absolute atomic E-state index is 12.9. The largest absolute Gasteiger partial charge is 0.342 e. The number of nitrogens with zero attached hydrogens (tertiary/aromatic N) is 6. The van der Waals surface area contributed by atoms with Crippen LogP contribution in [0.15, 0.2) is 52.1 Å². The highest BCUT2D eigenvalue weighted by Gasteiger charge is 2.30. The minimum Gasteiger partial charge on any atom is -0.342 e. The molecule has 1 aromatic heterocycles. The number of imidazole rings is 1. The number of aromatic nitrogens is 2. The van der Waals surface area contributed by atoms with Gasteiger partial charge in [-0.3, -0.25) is 19.7 Å². The molecule has 0 aliphatic carbocycles. The Bertz CT molecular complexity index is 1190. The zero-order valence-electron chi connectivity index (χ0n) is 18.9. The quantitative estimate of drug-likeness (QED) is 0.706. The topological polar surface area (TPSA) is 78.1 Å². The zero-order chi connectivity index (χ0) is 22.9. The predicted molar refractivity (Wildman–Crippen MR) is 133 cm³/mol. The lowest BCUT2D eigenvalue weighted by molar-refractivity contribution is -0.126. The van der Waals surface area contributed by atoms with Gasteiger partial charge < -0.3 is 14.8 Å². The number of aliphatic imine (C=N–C) groups is 2. The van der Waals surface area contributed by atoms with E-state index in [0.717, 1.165) is 41.9 Å². The number of benzene rings is 1. The van der Waals surface area contributed by atoms with E-state index in [1.165, 1.54) is 5.57 Å². The molecule has 3 aliphatic rings. The number of para-hydroxylation sites is 2. The molecule has 3 aliphatic heterocycles. The Morgan fingerprint density at radius 3 is 2.76 bits per heavy atom. The van der Waals surface area contributed by atoms with Gasteiger partial charge in [0.1, 0.15) is 12.0 Å². The van der Waals surface area contributed by atoms with Crippen molar-refractivity contribution in [3.8, 4) is 0 Å². The second-order valence-corrected chi connectivity index (χ2v) is 9.13. The molecule has 8 nitrogen and oxygen atoms in total. The van der Waals surface area contributed by atoms with Crippen molar-refractivity contribution in [3.63, 3.8) is 0 Å². The highest BCUT2D eigenvalue weighted by atomic mass is 35.5. The van der Waals surface area contributed by atoms with E-state index < -0.39 is 0 Å². The van der Waals surface area contributed by atoms with Crippen molar-refractivity contribution >= 4 is 46.2 Å². The molecule has 1 amide bonds. The van der Waals surface area contributed by atoms with E-state index in [1.54, 1.807) is 6.21 Å². The van der Waals surface area contributed by atoms with Crippen LogP contribution in [0.5, 0.6) is 0 Å². The number of hydrogen-bond donors (Lipinski definition) is 1. The van der Waals surface area contributed by atoms with Crippen molar-refractivity contribution in [2.75, 3.05) is 32.7 Å². The smallest absolute Gasteiger partial charge is 0.289 e. The van der Waals surface area contributed by atoms with E-state index in [9.17, 15) is 4.79 Å². The molecule has 4 heterocycles. The molecule has 2 aromatic rings. The second-order valence-electron chi connectivity index (χ2n) is 8.66. The molecule has 0 spiro atoms. The van der Waals surface area contributed by atoms with Gasteiger partial charge in [-0.15, -0.1) is 11.6 Å². The average molecular weight is 466 g/mol. The lowest BCUT2D eigenvalue weighted by Gasteiger charge is -2.38. The van der Waals surface area contributed by atoms with Crippen LogP contribution in [0.25, 0.3) is 16.6 Å². The van der Waals surface area contributed by atoms with E-state index in [0.29, 0.717) is 25.5 Å². The summed E-state index contributed by atoms with van der Waals surface area (Å²) in [5.74, 6) is 1.26. The molecule has 0 radical (unpaired) electrons. The number of aryl methyl sites for hydroxylation is 1. The summed E-state index contributed by atoms with van der Waals surface area (Å²) in [4.78, 5) is 31.0. The van der Waals surface area contributed by atoms with Crippen molar-refractivity contribution in [2.24, 2.45) is 17.0 Å². The molecular weight excluding hydrogens is 438 g/mol. The molecule has 1 fully saturated rings. The normalized spacial score (nSPS) is 24.1. The first-order chi connectivity index (χ1) is 16.0. The SMILES string of the molecule is CC1=CNC(C(=O)N2CCN(C3C=C(c4nc5ccccc5n4C)C(Cl)C=N3)CC2)=NCC1. The first-order valence-corrected chi connectivity index (χ1v) is 11.8. The van der Waals surface area contributed by atoms with Crippen molar-refractivity contribution < 1.29 is 4.79 Å². The molecule has 0 saturated carbocycles. The fourth-order valence-corrected chi connectivity index (χ4v) is 4.70. The fraction of sp³-hybridized carbons (Fsp3) is 0.417. The Morgan fingerprint density at radius 2 is 1.97 bits per heavy atom.